The Balaban J connectivity index is 2.14. The number of ether oxygens (including phenoxy) is 1. The van der Waals surface area contributed by atoms with Crippen LogP contribution in [-0.4, -0.2) is 41.5 Å². The lowest BCUT2D eigenvalue weighted by Crippen LogP contribution is -2.49. The molecule has 33 heavy (non-hydrogen) atoms. The first kappa shape index (κ1) is 26.4. The second-order valence-electron chi connectivity index (χ2n) is 9.58. The standard InChI is InChI=1S/C26H39N3O4/c1-6-7-8-9-12-18(16-23(30)33-26(2,3)4)24(31)29-22(25(32)27-5)15-19-17-28-21-14-11-10-13-20(19)21/h10-11,13-14,17-18,22,28H,6-9,12,15-16H2,1-5H3,(H,27,32)(H,29,31)/t18-,22+/m1/s1. The molecule has 2 rings (SSSR count). The lowest BCUT2D eigenvalue weighted by Gasteiger charge is -2.24. The molecule has 0 aliphatic heterocycles. The van der Waals surface area contributed by atoms with Crippen LogP contribution in [0.15, 0.2) is 30.5 Å². The molecule has 2 aromatic rings. The number of rotatable bonds is 12. The zero-order valence-corrected chi connectivity index (χ0v) is 20.6. The van der Waals surface area contributed by atoms with Crippen molar-refractivity contribution in [3.8, 4) is 0 Å². The number of hydrogen-bond donors (Lipinski definition) is 3. The third-order valence-corrected chi connectivity index (χ3v) is 5.59. The molecule has 0 bridgehead atoms. The summed E-state index contributed by atoms with van der Waals surface area (Å²) in [6.07, 6.45) is 6.83. The van der Waals surface area contributed by atoms with Gasteiger partial charge in [-0.2, -0.15) is 0 Å². The third-order valence-electron chi connectivity index (χ3n) is 5.59. The van der Waals surface area contributed by atoms with E-state index in [9.17, 15) is 14.4 Å². The average molecular weight is 458 g/mol. The highest BCUT2D eigenvalue weighted by Crippen LogP contribution is 2.21. The van der Waals surface area contributed by atoms with Crippen LogP contribution in [0.4, 0.5) is 0 Å². The van der Waals surface area contributed by atoms with Gasteiger partial charge in [-0.25, -0.2) is 0 Å². The van der Waals surface area contributed by atoms with Gasteiger partial charge in [-0.15, -0.1) is 0 Å². The lowest BCUT2D eigenvalue weighted by atomic mass is 9.95. The molecule has 0 aliphatic carbocycles. The number of aromatic nitrogens is 1. The van der Waals surface area contributed by atoms with Crippen molar-refractivity contribution < 1.29 is 19.1 Å². The van der Waals surface area contributed by atoms with Crippen LogP contribution in [-0.2, 0) is 25.5 Å². The Morgan fingerprint density at radius 2 is 1.79 bits per heavy atom. The molecule has 0 saturated heterocycles. The monoisotopic (exact) mass is 457 g/mol. The SMILES string of the molecule is CCCCCC[C@H](CC(=O)OC(C)(C)C)C(=O)N[C@@H](Cc1c[nH]c2ccccc12)C(=O)NC. The van der Waals surface area contributed by atoms with E-state index in [0.29, 0.717) is 12.8 Å². The Hall–Kier alpha value is -2.83. The van der Waals surface area contributed by atoms with E-state index in [4.69, 9.17) is 4.74 Å². The zero-order chi connectivity index (χ0) is 24.4. The van der Waals surface area contributed by atoms with Crippen LogP contribution in [0.5, 0.6) is 0 Å². The molecule has 0 saturated carbocycles. The summed E-state index contributed by atoms with van der Waals surface area (Å²) in [7, 11) is 1.56. The Kier molecular flexibility index (Phi) is 9.95. The molecule has 7 heteroatoms. The fourth-order valence-electron chi connectivity index (χ4n) is 3.92. The molecule has 1 heterocycles. The summed E-state index contributed by atoms with van der Waals surface area (Å²) in [6.45, 7) is 7.56. The molecule has 3 N–H and O–H groups in total. The summed E-state index contributed by atoms with van der Waals surface area (Å²) in [4.78, 5) is 41.5. The van der Waals surface area contributed by atoms with Crippen LogP contribution in [0, 0.1) is 5.92 Å². The average Bonchev–Trinajstić information content (AvgIpc) is 3.16. The highest BCUT2D eigenvalue weighted by atomic mass is 16.6. The van der Waals surface area contributed by atoms with Crippen molar-refractivity contribution in [2.24, 2.45) is 5.92 Å². The maximum atomic E-state index is 13.2. The van der Waals surface area contributed by atoms with Gasteiger partial charge in [-0.3, -0.25) is 14.4 Å². The topological polar surface area (TPSA) is 100 Å². The van der Waals surface area contributed by atoms with Crippen molar-refractivity contribution in [1.29, 1.82) is 0 Å². The van der Waals surface area contributed by atoms with Gasteiger partial charge in [0, 0.05) is 36.5 Å². The highest BCUT2D eigenvalue weighted by molar-refractivity contribution is 5.91. The largest absolute Gasteiger partial charge is 0.460 e. The number of carbonyl (C=O) groups is 3. The van der Waals surface area contributed by atoms with E-state index in [1.165, 1.54) is 0 Å². The van der Waals surface area contributed by atoms with Crippen molar-refractivity contribution in [2.75, 3.05) is 7.05 Å². The molecule has 2 atom stereocenters. The quantitative estimate of drug-likeness (QED) is 0.327. The lowest BCUT2D eigenvalue weighted by molar-refractivity contribution is -0.157. The number of esters is 1. The minimum atomic E-state index is -0.738. The van der Waals surface area contributed by atoms with Gasteiger partial charge in [-0.05, 0) is 38.8 Å². The molecule has 0 unspecified atom stereocenters. The first-order valence-corrected chi connectivity index (χ1v) is 11.9. The van der Waals surface area contributed by atoms with E-state index in [-0.39, 0.29) is 18.2 Å². The third kappa shape index (κ3) is 8.56. The molecule has 0 radical (unpaired) electrons. The Bertz CT molecular complexity index is 929. The molecule has 7 nitrogen and oxygen atoms in total. The maximum absolute atomic E-state index is 13.2. The Morgan fingerprint density at radius 3 is 2.45 bits per heavy atom. The van der Waals surface area contributed by atoms with Gasteiger partial charge in [0.15, 0.2) is 0 Å². The summed E-state index contributed by atoms with van der Waals surface area (Å²) in [5, 5.41) is 6.57. The summed E-state index contributed by atoms with van der Waals surface area (Å²) in [6, 6.07) is 7.11. The summed E-state index contributed by atoms with van der Waals surface area (Å²) < 4.78 is 5.45. The van der Waals surface area contributed by atoms with Gasteiger partial charge < -0.3 is 20.4 Å². The molecule has 0 spiro atoms. The van der Waals surface area contributed by atoms with Gasteiger partial charge in [0.05, 0.1) is 6.42 Å². The molecule has 0 aliphatic rings. The van der Waals surface area contributed by atoms with E-state index >= 15 is 0 Å². The minimum absolute atomic E-state index is 0.00276. The molecule has 1 aromatic carbocycles. The second-order valence-corrected chi connectivity index (χ2v) is 9.58. The number of hydrogen-bond acceptors (Lipinski definition) is 4. The number of nitrogens with one attached hydrogen (secondary N) is 3. The van der Waals surface area contributed by atoms with Crippen molar-refractivity contribution in [1.82, 2.24) is 15.6 Å². The van der Waals surface area contributed by atoms with Crippen molar-refractivity contribution in [2.45, 2.75) is 84.3 Å². The first-order valence-electron chi connectivity index (χ1n) is 11.9. The number of carbonyl (C=O) groups excluding carboxylic acids is 3. The fraction of sp³-hybridized carbons (Fsp3) is 0.577. The van der Waals surface area contributed by atoms with Gasteiger partial charge >= 0.3 is 5.97 Å². The van der Waals surface area contributed by atoms with E-state index in [0.717, 1.165) is 42.1 Å². The number of amides is 2. The van der Waals surface area contributed by atoms with Gasteiger partial charge in [-0.1, -0.05) is 50.8 Å². The molecule has 182 valence electrons. The van der Waals surface area contributed by atoms with Crippen molar-refractivity contribution >= 4 is 28.7 Å². The van der Waals surface area contributed by atoms with E-state index in [1.54, 1.807) is 7.05 Å². The van der Waals surface area contributed by atoms with Crippen LogP contribution >= 0.6 is 0 Å². The maximum Gasteiger partial charge on any atom is 0.307 e. The summed E-state index contributed by atoms with van der Waals surface area (Å²) in [5.41, 5.74) is 1.32. The molecule has 2 amide bonds. The van der Waals surface area contributed by atoms with Crippen LogP contribution in [0.2, 0.25) is 0 Å². The minimum Gasteiger partial charge on any atom is -0.460 e. The van der Waals surface area contributed by atoms with E-state index < -0.39 is 23.5 Å². The first-order chi connectivity index (χ1) is 15.6. The van der Waals surface area contributed by atoms with E-state index in [2.05, 4.69) is 22.5 Å². The smallest absolute Gasteiger partial charge is 0.307 e. The highest BCUT2D eigenvalue weighted by Gasteiger charge is 2.29. The predicted octanol–water partition coefficient (Wildman–Crippen LogP) is 4.26. The summed E-state index contributed by atoms with van der Waals surface area (Å²) >= 11 is 0. The van der Waals surface area contributed by atoms with E-state index in [1.807, 2.05) is 51.2 Å². The van der Waals surface area contributed by atoms with Crippen LogP contribution < -0.4 is 10.6 Å². The zero-order valence-electron chi connectivity index (χ0n) is 20.6. The van der Waals surface area contributed by atoms with Crippen LogP contribution in [0.1, 0.15) is 71.8 Å². The number of aromatic amines is 1. The van der Waals surface area contributed by atoms with Crippen LogP contribution in [0.3, 0.4) is 0 Å². The predicted molar refractivity (Wildman–Crippen MR) is 131 cm³/mol. The fourth-order valence-corrected chi connectivity index (χ4v) is 3.92. The Morgan fingerprint density at radius 1 is 1.06 bits per heavy atom. The van der Waals surface area contributed by atoms with Crippen molar-refractivity contribution in [3.63, 3.8) is 0 Å². The number of benzene rings is 1. The second kappa shape index (κ2) is 12.4. The number of fused-ring (bicyclic) bond motifs is 1. The normalized spacial score (nSPS) is 13.4. The molecular formula is C26H39N3O4. The summed E-state index contributed by atoms with van der Waals surface area (Å²) in [5.74, 6) is -1.49. The van der Waals surface area contributed by atoms with Crippen molar-refractivity contribution in [3.05, 3.63) is 36.0 Å². The number of unbranched alkanes of at least 4 members (excludes halogenated alkanes) is 3. The molecule has 1 aromatic heterocycles. The number of para-hydroxylation sites is 1. The van der Waals surface area contributed by atoms with Gasteiger partial charge in [0.2, 0.25) is 11.8 Å². The van der Waals surface area contributed by atoms with Gasteiger partial charge in [0.1, 0.15) is 11.6 Å². The van der Waals surface area contributed by atoms with Crippen LogP contribution in [0.25, 0.3) is 10.9 Å². The molecule has 0 fully saturated rings. The number of likely N-dealkylation sites (N-methyl/N-ethyl adjacent to an activating group) is 1. The Labute approximate surface area is 197 Å². The molecular weight excluding hydrogens is 418 g/mol. The van der Waals surface area contributed by atoms with Gasteiger partial charge in [0.25, 0.3) is 0 Å². The number of H-pyrrole nitrogens is 1.